The van der Waals surface area contributed by atoms with Crippen LogP contribution in [0, 0.1) is 0 Å². The molecule has 0 aliphatic heterocycles. The first kappa shape index (κ1) is 17.1. The quantitative estimate of drug-likeness (QED) is 0.300. The predicted octanol–water partition coefficient (Wildman–Crippen LogP) is 2.65. The molecule has 2 N–H and O–H groups in total. The SMILES string of the molecule is O=CNc1c(Cl)ncnc1NOCCCOCc1ccccc1. The number of benzene rings is 1. The maximum absolute atomic E-state index is 10.5. The van der Waals surface area contributed by atoms with E-state index in [0.29, 0.717) is 38.5 Å². The summed E-state index contributed by atoms with van der Waals surface area (Å²) in [5, 5.41) is 2.55. The number of anilines is 2. The molecule has 0 bridgehead atoms. The third-order valence-electron chi connectivity index (χ3n) is 2.82. The zero-order chi connectivity index (χ0) is 16.3. The van der Waals surface area contributed by atoms with Gasteiger partial charge in [0.25, 0.3) is 0 Å². The highest BCUT2D eigenvalue weighted by Crippen LogP contribution is 2.25. The molecular weight excluding hydrogens is 320 g/mol. The lowest BCUT2D eigenvalue weighted by Gasteiger charge is -2.10. The fourth-order valence-corrected chi connectivity index (χ4v) is 1.93. The molecule has 0 saturated heterocycles. The van der Waals surface area contributed by atoms with E-state index in [1.807, 2.05) is 30.3 Å². The lowest BCUT2D eigenvalue weighted by atomic mass is 10.2. The van der Waals surface area contributed by atoms with E-state index in [1.165, 1.54) is 6.33 Å². The Labute approximate surface area is 138 Å². The number of nitrogens with zero attached hydrogens (tertiary/aromatic N) is 2. The highest BCUT2D eigenvalue weighted by Gasteiger charge is 2.08. The minimum atomic E-state index is 0.129. The van der Waals surface area contributed by atoms with Crippen LogP contribution in [0.4, 0.5) is 11.5 Å². The summed E-state index contributed by atoms with van der Waals surface area (Å²) in [6, 6.07) is 9.94. The van der Waals surface area contributed by atoms with Crippen LogP contribution < -0.4 is 10.8 Å². The molecule has 0 aliphatic carbocycles. The summed E-state index contributed by atoms with van der Waals surface area (Å²) in [7, 11) is 0. The molecule has 1 aromatic heterocycles. The Balaban J connectivity index is 1.64. The third kappa shape index (κ3) is 5.82. The molecule has 0 fully saturated rings. The molecule has 0 saturated carbocycles. The summed E-state index contributed by atoms with van der Waals surface area (Å²) < 4.78 is 5.54. The molecule has 0 radical (unpaired) electrons. The molecule has 0 atom stereocenters. The highest BCUT2D eigenvalue weighted by atomic mass is 35.5. The van der Waals surface area contributed by atoms with Gasteiger partial charge in [0.15, 0.2) is 11.0 Å². The Bertz CT molecular complexity index is 613. The second-order valence-corrected chi connectivity index (χ2v) is 4.85. The number of ether oxygens (including phenoxy) is 1. The zero-order valence-corrected chi connectivity index (χ0v) is 13.1. The minimum absolute atomic E-state index is 0.129. The highest BCUT2D eigenvalue weighted by molar-refractivity contribution is 6.32. The largest absolute Gasteiger partial charge is 0.377 e. The minimum Gasteiger partial charge on any atom is -0.377 e. The first-order valence-electron chi connectivity index (χ1n) is 7.01. The molecule has 0 spiro atoms. The van der Waals surface area contributed by atoms with E-state index < -0.39 is 0 Å². The van der Waals surface area contributed by atoms with Crippen LogP contribution in [0.25, 0.3) is 0 Å². The normalized spacial score (nSPS) is 10.3. The van der Waals surface area contributed by atoms with Gasteiger partial charge in [-0.2, -0.15) is 0 Å². The van der Waals surface area contributed by atoms with Gasteiger partial charge in [0.2, 0.25) is 6.41 Å². The van der Waals surface area contributed by atoms with E-state index >= 15 is 0 Å². The number of aromatic nitrogens is 2. The summed E-state index contributed by atoms with van der Waals surface area (Å²) in [5.74, 6) is 0.294. The van der Waals surface area contributed by atoms with Crippen molar-refractivity contribution in [3.8, 4) is 0 Å². The van der Waals surface area contributed by atoms with E-state index in [4.69, 9.17) is 21.2 Å². The fourth-order valence-electron chi connectivity index (χ4n) is 1.75. The van der Waals surface area contributed by atoms with Gasteiger partial charge in [-0.15, -0.1) is 0 Å². The average Bonchev–Trinajstić information content (AvgIpc) is 2.58. The van der Waals surface area contributed by atoms with Crippen molar-refractivity contribution >= 4 is 29.5 Å². The molecule has 0 aliphatic rings. The zero-order valence-electron chi connectivity index (χ0n) is 12.4. The van der Waals surface area contributed by atoms with E-state index in [2.05, 4.69) is 20.8 Å². The Morgan fingerprint density at radius 3 is 2.78 bits per heavy atom. The van der Waals surface area contributed by atoms with Crippen LogP contribution >= 0.6 is 11.6 Å². The number of hydrogen-bond donors (Lipinski definition) is 2. The first-order chi connectivity index (χ1) is 11.3. The molecule has 7 nitrogen and oxygen atoms in total. The van der Waals surface area contributed by atoms with Gasteiger partial charge in [0.05, 0.1) is 13.2 Å². The van der Waals surface area contributed by atoms with E-state index in [-0.39, 0.29) is 10.8 Å². The van der Waals surface area contributed by atoms with Crippen LogP contribution in [0.3, 0.4) is 0 Å². The summed E-state index contributed by atoms with van der Waals surface area (Å²) in [6.45, 7) is 1.56. The molecule has 2 rings (SSSR count). The first-order valence-corrected chi connectivity index (χ1v) is 7.39. The summed E-state index contributed by atoms with van der Waals surface area (Å²) >= 11 is 5.86. The van der Waals surface area contributed by atoms with Crippen molar-refractivity contribution in [3.05, 3.63) is 47.4 Å². The lowest BCUT2D eigenvalue weighted by Crippen LogP contribution is -2.10. The van der Waals surface area contributed by atoms with Crippen molar-refractivity contribution < 1.29 is 14.4 Å². The van der Waals surface area contributed by atoms with Crippen LogP contribution in [0.2, 0.25) is 5.15 Å². The number of hydrogen-bond acceptors (Lipinski definition) is 6. The predicted molar refractivity (Wildman–Crippen MR) is 87.0 cm³/mol. The Kier molecular flexibility index (Phi) is 7.25. The standard InChI is InChI=1S/C15H17ClN4O3/c16-14-13(19-11-21)15(18-10-17-14)20-23-8-4-7-22-9-12-5-2-1-3-6-12/h1-3,5-6,10-11H,4,7-9H2,(H,19,21)(H,17,18,20). The smallest absolute Gasteiger partial charge is 0.211 e. The number of carbonyl (C=O) groups excluding carboxylic acids is 1. The van der Waals surface area contributed by atoms with Gasteiger partial charge in [0, 0.05) is 6.61 Å². The molecule has 122 valence electrons. The summed E-state index contributed by atoms with van der Waals surface area (Å²) in [4.78, 5) is 23.5. The van der Waals surface area contributed by atoms with E-state index in [0.717, 1.165) is 5.56 Å². The number of halogens is 1. The number of nitrogens with one attached hydrogen (secondary N) is 2. The molecule has 2 aromatic rings. The Morgan fingerprint density at radius 2 is 2.00 bits per heavy atom. The molecule has 1 heterocycles. The maximum Gasteiger partial charge on any atom is 0.211 e. The summed E-state index contributed by atoms with van der Waals surface area (Å²) in [5.41, 5.74) is 4.03. The fraction of sp³-hybridized carbons (Fsp3) is 0.267. The van der Waals surface area contributed by atoms with Gasteiger partial charge < -0.3 is 10.1 Å². The molecular formula is C15H17ClN4O3. The number of carbonyl (C=O) groups is 1. The molecule has 0 unspecified atom stereocenters. The van der Waals surface area contributed by atoms with Crippen LogP contribution in [-0.4, -0.2) is 29.6 Å². The van der Waals surface area contributed by atoms with Gasteiger partial charge >= 0.3 is 0 Å². The Hall–Kier alpha value is -2.22. The molecule has 23 heavy (non-hydrogen) atoms. The van der Waals surface area contributed by atoms with Crippen LogP contribution in [0.15, 0.2) is 36.7 Å². The topological polar surface area (TPSA) is 85.4 Å². The maximum atomic E-state index is 10.5. The second-order valence-electron chi connectivity index (χ2n) is 4.49. The second kappa shape index (κ2) is 9.73. The molecule has 1 amide bonds. The van der Waals surface area contributed by atoms with Crippen LogP contribution in [-0.2, 0) is 21.0 Å². The number of amides is 1. The van der Waals surface area contributed by atoms with Crippen LogP contribution in [0.1, 0.15) is 12.0 Å². The van der Waals surface area contributed by atoms with Gasteiger partial charge in [-0.25, -0.2) is 15.4 Å². The Morgan fingerprint density at radius 1 is 1.17 bits per heavy atom. The summed E-state index contributed by atoms with van der Waals surface area (Å²) in [6.07, 6.45) is 2.47. The van der Waals surface area contributed by atoms with Crippen molar-refractivity contribution in [2.24, 2.45) is 0 Å². The molecule has 1 aromatic carbocycles. The molecule has 8 heteroatoms. The van der Waals surface area contributed by atoms with Gasteiger partial charge in [0.1, 0.15) is 12.0 Å². The lowest BCUT2D eigenvalue weighted by molar-refractivity contribution is -0.105. The van der Waals surface area contributed by atoms with E-state index in [1.54, 1.807) is 0 Å². The van der Waals surface area contributed by atoms with Gasteiger partial charge in [-0.3, -0.25) is 9.63 Å². The van der Waals surface area contributed by atoms with Crippen molar-refractivity contribution in [1.82, 2.24) is 9.97 Å². The van der Waals surface area contributed by atoms with Crippen molar-refractivity contribution in [1.29, 1.82) is 0 Å². The average molecular weight is 337 g/mol. The van der Waals surface area contributed by atoms with Crippen molar-refractivity contribution in [2.75, 3.05) is 24.0 Å². The van der Waals surface area contributed by atoms with Gasteiger partial charge in [-0.05, 0) is 12.0 Å². The van der Waals surface area contributed by atoms with E-state index in [9.17, 15) is 4.79 Å². The monoisotopic (exact) mass is 336 g/mol. The van der Waals surface area contributed by atoms with Crippen LogP contribution in [0.5, 0.6) is 0 Å². The number of rotatable bonds is 10. The van der Waals surface area contributed by atoms with Gasteiger partial charge in [-0.1, -0.05) is 41.9 Å². The third-order valence-corrected chi connectivity index (χ3v) is 3.11. The van der Waals surface area contributed by atoms with Crippen molar-refractivity contribution in [2.45, 2.75) is 13.0 Å². The van der Waals surface area contributed by atoms with Crippen molar-refractivity contribution in [3.63, 3.8) is 0 Å².